The Labute approximate surface area is 129 Å². The Bertz CT molecular complexity index is 819. The average molecular weight is 378 g/mol. The lowest BCUT2D eigenvalue weighted by molar-refractivity contribution is 0.415. The van der Waals surface area contributed by atoms with E-state index < -0.39 is 0 Å². The van der Waals surface area contributed by atoms with E-state index in [1.54, 1.807) is 19.2 Å². The summed E-state index contributed by atoms with van der Waals surface area (Å²) < 4.78 is 11.7. The summed E-state index contributed by atoms with van der Waals surface area (Å²) in [6, 6.07) is 15.0. The van der Waals surface area contributed by atoms with Gasteiger partial charge in [0.15, 0.2) is 0 Å². The molecule has 0 spiro atoms. The van der Waals surface area contributed by atoms with E-state index in [0.717, 1.165) is 20.3 Å². The molecule has 0 radical (unpaired) electrons. The van der Waals surface area contributed by atoms with Crippen LogP contribution in [0.25, 0.3) is 22.1 Å². The fraction of sp³-hybridized carbons (Fsp3) is 0.0625. The minimum atomic E-state index is -0.330. The van der Waals surface area contributed by atoms with Crippen LogP contribution in [0.15, 0.2) is 57.7 Å². The molecule has 1 heterocycles. The molecule has 1 aromatic heterocycles. The summed E-state index contributed by atoms with van der Waals surface area (Å²) in [5.74, 6) is 0.736. The molecule has 0 N–H and O–H groups in total. The highest BCUT2D eigenvalue weighted by Gasteiger charge is 2.08. The maximum atomic E-state index is 12.1. The first-order chi connectivity index (χ1) is 9.67. The van der Waals surface area contributed by atoms with Crippen LogP contribution in [0.3, 0.4) is 0 Å². The van der Waals surface area contributed by atoms with Gasteiger partial charge in [0.05, 0.1) is 12.7 Å². The first kappa shape index (κ1) is 13.2. The van der Waals surface area contributed by atoms with Crippen molar-refractivity contribution < 1.29 is 9.15 Å². The van der Waals surface area contributed by atoms with E-state index in [4.69, 9.17) is 9.15 Å². The van der Waals surface area contributed by atoms with Crippen molar-refractivity contribution in [1.29, 1.82) is 0 Å². The second kappa shape index (κ2) is 5.28. The zero-order chi connectivity index (χ0) is 14.1. The topological polar surface area (TPSA) is 39.4 Å². The number of ether oxygens (including phenoxy) is 1. The van der Waals surface area contributed by atoms with Gasteiger partial charge in [-0.05, 0) is 64.6 Å². The van der Waals surface area contributed by atoms with Crippen molar-refractivity contribution in [3.05, 3.63) is 62.5 Å². The Morgan fingerprint density at radius 3 is 2.50 bits per heavy atom. The standard InChI is InChI=1S/C16H11IO3/c1-19-13-6-7-15-11(8-13)9-14(16(18)20-15)10-2-4-12(17)5-3-10/h2-9H,1H3. The van der Waals surface area contributed by atoms with Gasteiger partial charge in [-0.2, -0.15) is 0 Å². The molecule has 100 valence electrons. The largest absolute Gasteiger partial charge is 0.497 e. The van der Waals surface area contributed by atoms with E-state index in [2.05, 4.69) is 22.6 Å². The van der Waals surface area contributed by atoms with Crippen LogP contribution < -0.4 is 10.4 Å². The number of fused-ring (bicyclic) bond motifs is 1. The first-order valence-corrected chi connectivity index (χ1v) is 7.13. The maximum Gasteiger partial charge on any atom is 0.344 e. The zero-order valence-corrected chi connectivity index (χ0v) is 12.9. The highest BCUT2D eigenvalue weighted by Crippen LogP contribution is 2.24. The molecule has 0 saturated carbocycles. The molecule has 20 heavy (non-hydrogen) atoms. The molecule has 3 rings (SSSR count). The molecule has 4 heteroatoms. The van der Waals surface area contributed by atoms with Gasteiger partial charge < -0.3 is 9.15 Å². The van der Waals surface area contributed by atoms with E-state index in [-0.39, 0.29) is 5.63 Å². The van der Waals surface area contributed by atoms with Crippen molar-refractivity contribution in [3.8, 4) is 16.9 Å². The molecule has 3 nitrogen and oxygen atoms in total. The van der Waals surface area contributed by atoms with Gasteiger partial charge in [0.25, 0.3) is 0 Å². The summed E-state index contributed by atoms with van der Waals surface area (Å²) in [6.45, 7) is 0. The summed E-state index contributed by atoms with van der Waals surface area (Å²) in [4.78, 5) is 12.1. The summed E-state index contributed by atoms with van der Waals surface area (Å²) in [5.41, 5.74) is 1.64. The van der Waals surface area contributed by atoms with Crippen molar-refractivity contribution in [1.82, 2.24) is 0 Å². The van der Waals surface area contributed by atoms with Crippen molar-refractivity contribution >= 4 is 33.6 Å². The Morgan fingerprint density at radius 1 is 1.05 bits per heavy atom. The minimum Gasteiger partial charge on any atom is -0.497 e. The van der Waals surface area contributed by atoms with Crippen molar-refractivity contribution in [3.63, 3.8) is 0 Å². The quantitative estimate of drug-likeness (QED) is 0.499. The van der Waals surface area contributed by atoms with E-state index in [1.165, 1.54) is 0 Å². The Hall–Kier alpha value is -1.82. The van der Waals surface area contributed by atoms with Crippen LogP contribution in [0.5, 0.6) is 5.75 Å². The Kier molecular flexibility index (Phi) is 3.48. The number of hydrogen-bond donors (Lipinski definition) is 0. The van der Waals surface area contributed by atoms with Crippen molar-refractivity contribution in [2.45, 2.75) is 0 Å². The molecule has 0 amide bonds. The molecule has 0 atom stereocenters. The number of hydrogen-bond acceptors (Lipinski definition) is 3. The van der Waals surface area contributed by atoms with Crippen molar-refractivity contribution in [2.75, 3.05) is 7.11 Å². The lowest BCUT2D eigenvalue weighted by Gasteiger charge is -2.04. The highest BCUT2D eigenvalue weighted by atomic mass is 127. The summed E-state index contributed by atoms with van der Waals surface area (Å²) in [7, 11) is 1.61. The van der Waals surface area contributed by atoms with Crippen LogP contribution >= 0.6 is 22.6 Å². The summed E-state index contributed by atoms with van der Waals surface area (Å²) >= 11 is 2.23. The van der Waals surface area contributed by atoms with Crippen LogP contribution in [-0.2, 0) is 0 Å². The minimum absolute atomic E-state index is 0.330. The normalized spacial score (nSPS) is 10.7. The van der Waals surface area contributed by atoms with Gasteiger partial charge in [-0.1, -0.05) is 12.1 Å². The number of benzene rings is 2. The lowest BCUT2D eigenvalue weighted by atomic mass is 10.1. The molecular formula is C16H11IO3. The van der Waals surface area contributed by atoms with Crippen LogP contribution in [0.1, 0.15) is 0 Å². The van der Waals surface area contributed by atoms with E-state index in [1.807, 2.05) is 36.4 Å². The maximum absolute atomic E-state index is 12.1. The fourth-order valence-electron chi connectivity index (χ4n) is 2.06. The Morgan fingerprint density at radius 2 is 1.80 bits per heavy atom. The zero-order valence-electron chi connectivity index (χ0n) is 10.7. The molecule has 0 unspecified atom stereocenters. The molecule has 0 fully saturated rings. The van der Waals surface area contributed by atoms with Crippen molar-refractivity contribution in [2.24, 2.45) is 0 Å². The lowest BCUT2D eigenvalue weighted by Crippen LogP contribution is -2.02. The second-order valence-electron chi connectivity index (χ2n) is 4.36. The van der Waals surface area contributed by atoms with Gasteiger partial charge in [0.1, 0.15) is 11.3 Å². The number of methoxy groups -OCH3 is 1. The molecule has 0 aliphatic heterocycles. The van der Waals surface area contributed by atoms with Crippen LogP contribution in [0, 0.1) is 3.57 Å². The van der Waals surface area contributed by atoms with Crippen LogP contribution in [-0.4, -0.2) is 7.11 Å². The second-order valence-corrected chi connectivity index (χ2v) is 5.60. The third-order valence-electron chi connectivity index (χ3n) is 3.09. The highest BCUT2D eigenvalue weighted by molar-refractivity contribution is 14.1. The third-order valence-corrected chi connectivity index (χ3v) is 3.81. The Balaban J connectivity index is 2.22. The van der Waals surface area contributed by atoms with Gasteiger partial charge in [-0.15, -0.1) is 0 Å². The van der Waals surface area contributed by atoms with Gasteiger partial charge in [-0.3, -0.25) is 0 Å². The predicted molar refractivity (Wildman–Crippen MR) is 87.2 cm³/mol. The van der Waals surface area contributed by atoms with Gasteiger partial charge in [-0.25, -0.2) is 4.79 Å². The van der Waals surface area contributed by atoms with Gasteiger partial charge in [0.2, 0.25) is 0 Å². The monoisotopic (exact) mass is 378 g/mol. The van der Waals surface area contributed by atoms with Gasteiger partial charge >= 0.3 is 5.63 Å². The fourth-order valence-corrected chi connectivity index (χ4v) is 2.42. The molecule has 0 aliphatic carbocycles. The van der Waals surface area contributed by atoms with E-state index in [0.29, 0.717) is 11.1 Å². The SMILES string of the molecule is COc1ccc2oc(=O)c(-c3ccc(I)cc3)cc2c1. The van der Waals surface area contributed by atoms with E-state index >= 15 is 0 Å². The number of rotatable bonds is 2. The van der Waals surface area contributed by atoms with Crippen LogP contribution in [0.2, 0.25) is 0 Å². The predicted octanol–water partition coefficient (Wildman–Crippen LogP) is 4.07. The van der Waals surface area contributed by atoms with Gasteiger partial charge in [0, 0.05) is 8.96 Å². The molecule has 2 aromatic carbocycles. The molecule has 0 bridgehead atoms. The summed E-state index contributed by atoms with van der Waals surface area (Å²) in [5, 5.41) is 0.845. The first-order valence-electron chi connectivity index (χ1n) is 6.05. The molecule has 0 aliphatic rings. The third kappa shape index (κ3) is 2.43. The van der Waals surface area contributed by atoms with E-state index in [9.17, 15) is 4.79 Å². The smallest absolute Gasteiger partial charge is 0.344 e. The molecular weight excluding hydrogens is 367 g/mol. The molecule has 3 aromatic rings. The average Bonchev–Trinajstić information content (AvgIpc) is 2.47. The van der Waals surface area contributed by atoms with Crippen LogP contribution in [0.4, 0.5) is 0 Å². The molecule has 0 saturated heterocycles. The summed E-state index contributed by atoms with van der Waals surface area (Å²) in [6.07, 6.45) is 0. The number of halogens is 1.